The maximum Gasteiger partial charge on any atom is 0.321 e. The Bertz CT molecular complexity index is 983. The highest BCUT2D eigenvalue weighted by atomic mass is 32.1. The maximum absolute atomic E-state index is 12.3. The van der Waals surface area contributed by atoms with Crippen molar-refractivity contribution < 1.29 is 19.1 Å². The molecule has 3 rings (SSSR count). The molecule has 0 saturated heterocycles. The zero-order chi connectivity index (χ0) is 24.2. The average Bonchev–Trinajstić information content (AvgIpc) is 3.18. The van der Waals surface area contributed by atoms with Crippen molar-refractivity contribution in [3.63, 3.8) is 0 Å². The standard InChI is InChI=1S/C21H31N7O4S/c1-21(2,3)27(4)17(29)7-9-22-18(30)26-20-23-13-8-10-28(12-14(13)33-20)15-11-16(31-5)25-19(24-15)32-6/h11H,7-10,12H2,1-6H3,(H2,22,23,26,30). The summed E-state index contributed by atoms with van der Waals surface area (Å²) in [5.74, 6) is 1.11. The first-order valence-electron chi connectivity index (χ1n) is 10.6. The minimum Gasteiger partial charge on any atom is -0.481 e. The zero-order valence-electron chi connectivity index (χ0n) is 19.9. The van der Waals surface area contributed by atoms with E-state index in [9.17, 15) is 9.59 Å². The van der Waals surface area contributed by atoms with Gasteiger partial charge >= 0.3 is 12.0 Å². The molecule has 0 saturated carbocycles. The molecular formula is C21H31N7O4S. The van der Waals surface area contributed by atoms with E-state index in [1.165, 1.54) is 18.4 Å². The number of amides is 3. The number of nitrogens with one attached hydrogen (secondary N) is 2. The summed E-state index contributed by atoms with van der Waals surface area (Å²) in [6.45, 7) is 7.47. The number of anilines is 2. The van der Waals surface area contributed by atoms with Gasteiger partial charge in [0.05, 0.1) is 26.5 Å². The smallest absolute Gasteiger partial charge is 0.321 e. The average molecular weight is 478 g/mol. The van der Waals surface area contributed by atoms with Crippen LogP contribution in [0.25, 0.3) is 0 Å². The fourth-order valence-electron chi connectivity index (χ4n) is 3.16. The summed E-state index contributed by atoms with van der Waals surface area (Å²) in [5, 5.41) is 6.02. The normalized spacial score (nSPS) is 13.2. The maximum atomic E-state index is 12.3. The third-order valence-electron chi connectivity index (χ3n) is 5.34. The number of fused-ring (bicyclic) bond motifs is 1. The number of rotatable bonds is 7. The molecule has 0 atom stereocenters. The van der Waals surface area contributed by atoms with Crippen molar-refractivity contribution in [1.29, 1.82) is 0 Å². The number of carbonyl (C=O) groups excluding carboxylic acids is 2. The van der Waals surface area contributed by atoms with Gasteiger partial charge in [0.1, 0.15) is 5.82 Å². The van der Waals surface area contributed by atoms with Gasteiger partial charge in [0, 0.05) is 49.5 Å². The monoisotopic (exact) mass is 477 g/mol. The fraction of sp³-hybridized carbons (Fsp3) is 0.571. The molecule has 0 fully saturated rings. The van der Waals surface area contributed by atoms with E-state index >= 15 is 0 Å². The van der Waals surface area contributed by atoms with E-state index in [2.05, 4.69) is 30.5 Å². The van der Waals surface area contributed by atoms with E-state index in [0.29, 0.717) is 23.4 Å². The summed E-state index contributed by atoms with van der Waals surface area (Å²) in [6.07, 6.45) is 0.952. The van der Waals surface area contributed by atoms with Crippen LogP contribution in [0.3, 0.4) is 0 Å². The molecule has 2 N–H and O–H groups in total. The molecular weight excluding hydrogens is 446 g/mol. The number of aromatic nitrogens is 3. The Morgan fingerprint density at radius 3 is 2.64 bits per heavy atom. The first-order chi connectivity index (χ1) is 15.6. The van der Waals surface area contributed by atoms with Crippen molar-refractivity contribution in [3.05, 3.63) is 16.6 Å². The molecule has 0 unspecified atom stereocenters. The van der Waals surface area contributed by atoms with Gasteiger partial charge in [-0.1, -0.05) is 11.3 Å². The Labute approximate surface area is 197 Å². The lowest BCUT2D eigenvalue weighted by atomic mass is 10.1. The molecule has 1 aliphatic heterocycles. The van der Waals surface area contributed by atoms with Crippen LogP contribution in [0.2, 0.25) is 0 Å². The Morgan fingerprint density at radius 1 is 1.21 bits per heavy atom. The molecule has 180 valence electrons. The molecule has 1 aliphatic rings. The molecule has 0 aromatic carbocycles. The van der Waals surface area contributed by atoms with E-state index in [4.69, 9.17) is 9.47 Å². The fourth-order valence-corrected chi connectivity index (χ4v) is 4.18. The molecule has 2 aromatic heterocycles. The van der Waals surface area contributed by atoms with Crippen LogP contribution < -0.4 is 25.0 Å². The SMILES string of the molecule is COc1cc(N2CCc3nc(NC(=O)NCCC(=O)N(C)C(C)(C)C)sc3C2)nc(OC)n1. The second-order valence-corrected chi connectivity index (χ2v) is 9.65. The summed E-state index contributed by atoms with van der Waals surface area (Å²) in [6, 6.07) is 1.62. The van der Waals surface area contributed by atoms with Gasteiger partial charge in [0.2, 0.25) is 11.8 Å². The number of ether oxygens (including phenoxy) is 2. The number of methoxy groups -OCH3 is 2. The van der Waals surface area contributed by atoms with Crippen LogP contribution in [0.15, 0.2) is 6.07 Å². The third-order valence-corrected chi connectivity index (χ3v) is 6.34. The van der Waals surface area contributed by atoms with Gasteiger partial charge in [-0.2, -0.15) is 9.97 Å². The second kappa shape index (κ2) is 10.2. The van der Waals surface area contributed by atoms with Crippen molar-refractivity contribution in [2.75, 3.05) is 44.6 Å². The van der Waals surface area contributed by atoms with Crippen LogP contribution >= 0.6 is 11.3 Å². The predicted molar refractivity (Wildman–Crippen MR) is 126 cm³/mol. The van der Waals surface area contributed by atoms with E-state index in [1.54, 1.807) is 25.1 Å². The lowest BCUT2D eigenvalue weighted by Crippen LogP contribution is -2.43. The summed E-state index contributed by atoms with van der Waals surface area (Å²) in [5.41, 5.74) is 0.705. The molecule has 0 spiro atoms. The van der Waals surface area contributed by atoms with Gasteiger partial charge in [-0.05, 0) is 20.8 Å². The van der Waals surface area contributed by atoms with Crippen LogP contribution in [-0.2, 0) is 17.8 Å². The van der Waals surface area contributed by atoms with Crippen molar-refractivity contribution in [2.45, 2.75) is 45.7 Å². The second-order valence-electron chi connectivity index (χ2n) is 8.57. The Balaban J connectivity index is 1.56. The highest BCUT2D eigenvalue weighted by molar-refractivity contribution is 7.15. The van der Waals surface area contributed by atoms with Crippen molar-refractivity contribution >= 4 is 34.2 Å². The highest BCUT2D eigenvalue weighted by Crippen LogP contribution is 2.31. The molecule has 3 heterocycles. The molecule has 11 nitrogen and oxygen atoms in total. The lowest BCUT2D eigenvalue weighted by Gasteiger charge is -2.32. The predicted octanol–water partition coefficient (Wildman–Crippen LogP) is 2.28. The number of thiazole rings is 1. The largest absolute Gasteiger partial charge is 0.481 e. The van der Waals surface area contributed by atoms with Gasteiger partial charge in [-0.25, -0.2) is 9.78 Å². The number of nitrogens with zero attached hydrogens (tertiary/aromatic N) is 5. The molecule has 3 amide bonds. The van der Waals surface area contributed by atoms with E-state index < -0.39 is 0 Å². The van der Waals surface area contributed by atoms with Crippen molar-refractivity contribution in [3.8, 4) is 11.9 Å². The van der Waals surface area contributed by atoms with Crippen molar-refractivity contribution in [2.24, 2.45) is 0 Å². The first-order valence-corrected chi connectivity index (χ1v) is 11.4. The minimum absolute atomic E-state index is 0.0226. The molecule has 12 heteroatoms. The van der Waals surface area contributed by atoms with E-state index in [1.807, 2.05) is 20.8 Å². The van der Waals surface area contributed by atoms with Crippen LogP contribution in [-0.4, -0.2) is 71.7 Å². The Morgan fingerprint density at radius 2 is 1.97 bits per heavy atom. The highest BCUT2D eigenvalue weighted by Gasteiger charge is 2.24. The van der Waals surface area contributed by atoms with Gasteiger partial charge in [-0.3, -0.25) is 10.1 Å². The number of carbonyl (C=O) groups is 2. The zero-order valence-corrected chi connectivity index (χ0v) is 20.7. The van der Waals surface area contributed by atoms with Crippen LogP contribution in [0, 0.1) is 0 Å². The third kappa shape index (κ3) is 6.21. The number of urea groups is 1. The van der Waals surface area contributed by atoms with E-state index in [-0.39, 0.29) is 36.5 Å². The van der Waals surface area contributed by atoms with Gasteiger partial charge in [0.25, 0.3) is 0 Å². The molecule has 0 aliphatic carbocycles. The summed E-state index contributed by atoms with van der Waals surface area (Å²) < 4.78 is 10.4. The van der Waals surface area contributed by atoms with Crippen LogP contribution in [0.1, 0.15) is 37.8 Å². The van der Waals surface area contributed by atoms with E-state index in [0.717, 1.165) is 23.5 Å². The topological polar surface area (TPSA) is 122 Å². The van der Waals surface area contributed by atoms with Gasteiger partial charge in [-0.15, -0.1) is 0 Å². The molecule has 2 aromatic rings. The molecule has 0 radical (unpaired) electrons. The number of hydrogen-bond donors (Lipinski definition) is 2. The summed E-state index contributed by atoms with van der Waals surface area (Å²) >= 11 is 1.42. The Kier molecular flexibility index (Phi) is 7.57. The quantitative estimate of drug-likeness (QED) is 0.623. The molecule has 0 bridgehead atoms. The minimum atomic E-state index is -0.380. The van der Waals surface area contributed by atoms with Crippen molar-refractivity contribution in [1.82, 2.24) is 25.2 Å². The Hall–Kier alpha value is -3.15. The van der Waals surface area contributed by atoms with Crippen LogP contribution in [0.4, 0.5) is 15.7 Å². The van der Waals surface area contributed by atoms with Crippen LogP contribution in [0.5, 0.6) is 11.9 Å². The molecule has 33 heavy (non-hydrogen) atoms. The lowest BCUT2D eigenvalue weighted by molar-refractivity contribution is -0.133. The summed E-state index contributed by atoms with van der Waals surface area (Å²) in [7, 11) is 4.82. The van der Waals surface area contributed by atoms with Gasteiger partial charge < -0.3 is 24.6 Å². The number of hydrogen-bond acceptors (Lipinski definition) is 9. The first kappa shape index (κ1) is 24.5. The summed E-state index contributed by atoms with van der Waals surface area (Å²) in [4.78, 5) is 42.4. The van der Waals surface area contributed by atoms with Gasteiger partial charge in [0.15, 0.2) is 5.13 Å².